The van der Waals surface area contributed by atoms with E-state index in [0.29, 0.717) is 27.2 Å². The van der Waals surface area contributed by atoms with Gasteiger partial charge in [-0.2, -0.15) is 0 Å². The van der Waals surface area contributed by atoms with Crippen LogP contribution in [0.4, 0.5) is 11.4 Å². The van der Waals surface area contributed by atoms with Crippen LogP contribution in [0.25, 0.3) is 0 Å². The van der Waals surface area contributed by atoms with E-state index in [1.54, 1.807) is 31.3 Å². The molecule has 0 saturated heterocycles. The number of carbonyl (C=O) groups is 1. The van der Waals surface area contributed by atoms with Crippen LogP contribution in [-0.2, 0) is 0 Å². The number of anilines is 2. The van der Waals surface area contributed by atoms with Gasteiger partial charge in [-0.25, -0.2) is 4.98 Å². The molecule has 1 amide bonds. The second kappa shape index (κ2) is 5.14. The largest absolute Gasteiger partial charge is 0.397 e. The Hall–Kier alpha value is -1.95. The Bertz CT molecular complexity index is 600. The molecule has 2 aromatic heterocycles. The summed E-state index contributed by atoms with van der Waals surface area (Å²) in [5.74, 6) is -0.263. The second-order valence-corrected chi connectivity index (χ2v) is 4.45. The molecule has 0 radical (unpaired) electrons. The van der Waals surface area contributed by atoms with Gasteiger partial charge in [0.2, 0.25) is 0 Å². The lowest BCUT2D eigenvalue weighted by atomic mass is 10.2. The topological polar surface area (TPSA) is 80.9 Å². The van der Waals surface area contributed by atoms with E-state index in [9.17, 15) is 4.79 Å². The molecule has 0 saturated carbocycles. The van der Waals surface area contributed by atoms with Gasteiger partial charge in [0.25, 0.3) is 5.91 Å². The van der Waals surface area contributed by atoms with Crippen molar-refractivity contribution in [3.63, 3.8) is 0 Å². The molecule has 5 nitrogen and oxygen atoms in total. The van der Waals surface area contributed by atoms with E-state index in [1.807, 2.05) is 0 Å². The molecule has 0 aliphatic rings. The number of hydrogen-bond donors (Lipinski definition) is 2. The zero-order valence-electron chi connectivity index (χ0n) is 9.64. The third-order valence-electron chi connectivity index (χ3n) is 2.36. The summed E-state index contributed by atoms with van der Waals surface area (Å²) >= 11 is 3.26. The number of rotatable bonds is 2. The first-order chi connectivity index (χ1) is 8.58. The van der Waals surface area contributed by atoms with E-state index < -0.39 is 0 Å². The van der Waals surface area contributed by atoms with Gasteiger partial charge in [0.15, 0.2) is 0 Å². The molecule has 0 aromatic carbocycles. The first-order valence-electron chi connectivity index (χ1n) is 5.22. The lowest BCUT2D eigenvalue weighted by molar-refractivity contribution is 0.102. The van der Waals surface area contributed by atoms with Gasteiger partial charge in [-0.1, -0.05) is 0 Å². The van der Waals surface area contributed by atoms with Gasteiger partial charge >= 0.3 is 0 Å². The van der Waals surface area contributed by atoms with Crippen LogP contribution in [0.1, 0.15) is 16.1 Å². The Morgan fingerprint density at radius 3 is 2.94 bits per heavy atom. The third kappa shape index (κ3) is 2.65. The molecule has 6 heteroatoms. The predicted molar refractivity (Wildman–Crippen MR) is 73.3 cm³/mol. The fourth-order valence-corrected chi connectivity index (χ4v) is 1.80. The zero-order valence-corrected chi connectivity index (χ0v) is 11.2. The van der Waals surface area contributed by atoms with Gasteiger partial charge < -0.3 is 11.1 Å². The van der Waals surface area contributed by atoms with E-state index in [1.165, 1.54) is 6.20 Å². The Balaban J connectivity index is 2.28. The SMILES string of the molecule is Cc1ncc(N)cc1C(=O)Nc1cccnc1Br. The minimum absolute atomic E-state index is 0.263. The van der Waals surface area contributed by atoms with Crippen LogP contribution in [0.15, 0.2) is 35.2 Å². The maximum Gasteiger partial charge on any atom is 0.257 e. The summed E-state index contributed by atoms with van der Waals surface area (Å²) in [5.41, 5.74) is 7.76. The van der Waals surface area contributed by atoms with Crippen molar-refractivity contribution in [1.82, 2.24) is 9.97 Å². The van der Waals surface area contributed by atoms with Crippen LogP contribution < -0.4 is 11.1 Å². The molecule has 3 N–H and O–H groups in total. The van der Waals surface area contributed by atoms with Crippen molar-refractivity contribution in [2.45, 2.75) is 6.92 Å². The fraction of sp³-hybridized carbons (Fsp3) is 0.0833. The number of halogens is 1. The van der Waals surface area contributed by atoms with E-state index in [0.717, 1.165) is 0 Å². The van der Waals surface area contributed by atoms with Crippen molar-refractivity contribution in [1.29, 1.82) is 0 Å². The molecular weight excluding hydrogens is 296 g/mol. The number of nitrogens with two attached hydrogens (primary N) is 1. The lowest BCUT2D eigenvalue weighted by Crippen LogP contribution is -2.15. The fourth-order valence-electron chi connectivity index (χ4n) is 1.45. The van der Waals surface area contributed by atoms with E-state index in [-0.39, 0.29) is 5.91 Å². The monoisotopic (exact) mass is 306 g/mol. The maximum absolute atomic E-state index is 12.1. The number of nitrogens with one attached hydrogen (secondary N) is 1. The highest BCUT2D eigenvalue weighted by molar-refractivity contribution is 9.10. The van der Waals surface area contributed by atoms with Gasteiger partial charge in [-0.3, -0.25) is 9.78 Å². The van der Waals surface area contributed by atoms with Crippen LogP contribution in [0.5, 0.6) is 0 Å². The molecule has 0 aliphatic heterocycles. The van der Waals surface area contributed by atoms with E-state index in [2.05, 4.69) is 31.2 Å². The highest BCUT2D eigenvalue weighted by Crippen LogP contribution is 2.20. The van der Waals surface area contributed by atoms with Gasteiger partial charge in [-0.15, -0.1) is 0 Å². The van der Waals surface area contributed by atoms with Gasteiger partial charge in [0, 0.05) is 6.20 Å². The van der Waals surface area contributed by atoms with Crippen molar-refractivity contribution >= 4 is 33.2 Å². The molecule has 2 aromatic rings. The zero-order chi connectivity index (χ0) is 13.1. The van der Waals surface area contributed by atoms with Crippen molar-refractivity contribution in [3.8, 4) is 0 Å². The maximum atomic E-state index is 12.1. The molecular formula is C12H11BrN4O. The molecule has 0 bridgehead atoms. The molecule has 92 valence electrons. The minimum Gasteiger partial charge on any atom is -0.397 e. The highest BCUT2D eigenvalue weighted by Gasteiger charge is 2.12. The van der Waals surface area contributed by atoms with Gasteiger partial charge in [0.05, 0.1) is 28.8 Å². The number of carbonyl (C=O) groups excluding carboxylic acids is 1. The summed E-state index contributed by atoms with van der Waals surface area (Å²) in [6.45, 7) is 1.76. The molecule has 0 aliphatic carbocycles. The number of aromatic nitrogens is 2. The Morgan fingerprint density at radius 1 is 1.44 bits per heavy atom. The van der Waals surface area contributed by atoms with Crippen molar-refractivity contribution in [3.05, 3.63) is 46.5 Å². The van der Waals surface area contributed by atoms with E-state index in [4.69, 9.17) is 5.73 Å². The van der Waals surface area contributed by atoms with Crippen LogP contribution in [0.2, 0.25) is 0 Å². The average Bonchev–Trinajstić information content (AvgIpc) is 2.35. The molecule has 2 rings (SSSR count). The van der Waals surface area contributed by atoms with Gasteiger partial charge in [-0.05, 0) is 41.1 Å². The number of nitrogens with zero attached hydrogens (tertiary/aromatic N) is 2. The number of nitrogen functional groups attached to an aromatic ring is 1. The summed E-state index contributed by atoms with van der Waals surface area (Å²) in [7, 11) is 0. The van der Waals surface area contributed by atoms with Crippen molar-refractivity contribution in [2.24, 2.45) is 0 Å². The quantitative estimate of drug-likeness (QED) is 0.835. The normalized spacial score (nSPS) is 10.1. The predicted octanol–water partition coefficient (Wildman–Crippen LogP) is 2.38. The summed E-state index contributed by atoms with van der Waals surface area (Å²) in [6, 6.07) is 5.09. The highest BCUT2D eigenvalue weighted by atomic mass is 79.9. The number of pyridine rings is 2. The summed E-state index contributed by atoms with van der Waals surface area (Å²) < 4.78 is 0.577. The first-order valence-corrected chi connectivity index (χ1v) is 6.01. The number of hydrogen-bond acceptors (Lipinski definition) is 4. The summed E-state index contributed by atoms with van der Waals surface area (Å²) in [5, 5.41) is 2.75. The van der Waals surface area contributed by atoms with Crippen molar-refractivity contribution in [2.75, 3.05) is 11.1 Å². The smallest absolute Gasteiger partial charge is 0.257 e. The molecule has 0 atom stereocenters. The summed E-state index contributed by atoms with van der Waals surface area (Å²) in [4.78, 5) is 20.2. The van der Waals surface area contributed by atoms with Crippen molar-refractivity contribution < 1.29 is 4.79 Å². The van der Waals surface area contributed by atoms with Crippen LogP contribution in [0.3, 0.4) is 0 Å². The third-order valence-corrected chi connectivity index (χ3v) is 2.99. The molecule has 0 fully saturated rings. The van der Waals surface area contributed by atoms with Gasteiger partial charge in [0.1, 0.15) is 4.60 Å². The number of aryl methyl sites for hydroxylation is 1. The van der Waals surface area contributed by atoms with E-state index >= 15 is 0 Å². The first kappa shape index (κ1) is 12.5. The average molecular weight is 307 g/mol. The minimum atomic E-state index is -0.263. The van der Waals surface area contributed by atoms with Crippen LogP contribution in [0, 0.1) is 6.92 Å². The number of amides is 1. The molecule has 18 heavy (non-hydrogen) atoms. The molecule has 0 unspecified atom stereocenters. The Kier molecular flexibility index (Phi) is 3.57. The second-order valence-electron chi connectivity index (χ2n) is 3.70. The van der Waals surface area contributed by atoms with Crippen LogP contribution in [-0.4, -0.2) is 15.9 Å². The molecule has 2 heterocycles. The standard InChI is InChI=1S/C12H11BrN4O/c1-7-9(5-8(14)6-16-7)12(18)17-10-3-2-4-15-11(10)13/h2-6H,14H2,1H3,(H,17,18). The lowest BCUT2D eigenvalue weighted by Gasteiger charge is -2.08. The van der Waals surface area contributed by atoms with Crippen LogP contribution >= 0.6 is 15.9 Å². The molecule has 0 spiro atoms. The Morgan fingerprint density at radius 2 is 2.22 bits per heavy atom. The summed E-state index contributed by atoms with van der Waals surface area (Å²) in [6.07, 6.45) is 3.15. The Labute approximate surface area is 113 Å².